The van der Waals surface area contributed by atoms with Crippen molar-refractivity contribution < 1.29 is 5.11 Å². The molecule has 1 heterocycles. The molecule has 0 saturated carbocycles. The number of rotatable bonds is 2. The normalized spacial score (nSPS) is 11.1. The maximum atomic E-state index is 9.12. The van der Waals surface area contributed by atoms with E-state index in [0.29, 0.717) is 5.88 Å². The van der Waals surface area contributed by atoms with Gasteiger partial charge in [0.1, 0.15) is 0 Å². The fraction of sp³-hybridized carbons (Fsp3) is 0.200. The van der Waals surface area contributed by atoms with Crippen molar-refractivity contribution in [1.82, 2.24) is 0 Å². The minimum atomic E-state index is 0.0995. The highest BCUT2D eigenvalue weighted by atomic mass is 127. The molecular formula is C10H8ClIOS. The lowest BCUT2D eigenvalue weighted by molar-refractivity contribution is 0.281. The molecule has 0 atom stereocenters. The first-order valence-electron chi connectivity index (χ1n) is 4.12. The molecule has 0 amide bonds. The Hall–Kier alpha value is 0.160. The lowest BCUT2D eigenvalue weighted by Gasteiger charge is -2.02. The Bertz CT molecular complexity index is 466. The highest BCUT2D eigenvalue weighted by molar-refractivity contribution is 14.1. The summed E-state index contributed by atoms with van der Waals surface area (Å²) in [6, 6.07) is 4.00. The van der Waals surface area contributed by atoms with Crippen LogP contribution in [0.25, 0.3) is 10.1 Å². The molecule has 0 fully saturated rings. The third kappa shape index (κ3) is 1.66. The lowest BCUT2D eigenvalue weighted by Crippen LogP contribution is -1.87. The number of alkyl halides is 1. The Morgan fingerprint density at radius 3 is 2.79 bits per heavy atom. The molecule has 0 aliphatic heterocycles. The SMILES string of the molecule is OCc1ccc2c(CCl)csc2c1I. The molecule has 1 N–H and O–H groups in total. The van der Waals surface area contributed by atoms with Gasteiger partial charge in [-0.15, -0.1) is 22.9 Å². The van der Waals surface area contributed by atoms with Gasteiger partial charge in [-0.05, 0) is 44.5 Å². The van der Waals surface area contributed by atoms with Crippen LogP contribution in [0, 0.1) is 3.57 Å². The Labute approximate surface area is 105 Å². The minimum absolute atomic E-state index is 0.0995. The van der Waals surface area contributed by atoms with E-state index in [4.69, 9.17) is 16.7 Å². The van der Waals surface area contributed by atoms with Gasteiger partial charge in [0.25, 0.3) is 0 Å². The van der Waals surface area contributed by atoms with Crippen LogP contribution in [-0.2, 0) is 12.5 Å². The average molecular weight is 339 g/mol. The van der Waals surface area contributed by atoms with Crippen molar-refractivity contribution in [2.75, 3.05) is 0 Å². The van der Waals surface area contributed by atoms with Crippen LogP contribution >= 0.6 is 45.5 Å². The first kappa shape index (κ1) is 10.7. The van der Waals surface area contributed by atoms with E-state index in [-0.39, 0.29) is 6.61 Å². The molecule has 0 bridgehead atoms. The molecule has 2 rings (SSSR count). The summed E-state index contributed by atoms with van der Waals surface area (Å²) in [6.45, 7) is 0.0995. The van der Waals surface area contributed by atoms with Gasteiger partial charge in [-0.3, -0.25) is 0 Å². The molecule has 0 aliphatic rings. The summed E-state index contributed by atoms with van der Waals surface area (Å²) < 4.78 is 2.37. The van der Waals surface area contributed by atoms with E-state index in [2.05, 4.69) is 28.0 Å². The van der Waals surface area contributed by atoms with Gasteiger partial charge in [0, 0.05) is 14.2 Å². The number of thiophene rings is 1. The van der Waals surface area contributed by atoms with E-state index in [9.17, 15) is 0 Å². The van der Waals surface area contributed by atoms with Crippen molar-refractivity contribution in [2.24, 2.45) is 0 Å². The fourth-order valence-corrected chi connectivity index (χ4v) is 3.75. The zero-order valence-electron chi connectivity index (χ0n) is 7.26. The third-order valence-electron chi connectivity index (χ3n) is 2.16. The number of fused-ring (bicyclic) bond motifs is 1. The molecule has 0 saturated heterocycles. The fourth-order valence-electron chi connectivity index (χ4n) is 1.38. The van der Waals surface area contributed by atoms with E-state index in [0.717, 1.165) is 9.13 Å². The van der Waals surface area contributed by atoms with E-state index >= 15 is 0 Å². The first-order valence-corrected chi connectivity index (χ1v) is 6.61. The highest BCUT2D eigenvalue weighted by Crippen LogP contribution is 2.32. The van der Waals surface area contributed by atoms with Crippen LogP contribution in [0.1, 0.15) is 11.1 Å². The number of hydrogen-bond donors (Lipinski definition) is 1. The number of halogens is 2. The summed E-state index contributed by atoms with van der Waals surface area (Å²) in [5.74, 6) is 0.550. The Kier molecular flexibility index (Phi) is 3.31. The maximum Gasteiger partial charge on any atom is 0.0692 e. The van der Waals surface area contributed by atoms with Crippen LogP contribution < -0.4 is 0 Å². The Balaban J connectivity index is 2.72. The van der Waals surface area contributed by atoms with Crippen LogP contribution in [0.4, 0.5) is 0 Å². The van der Waals surface area contributed by atoms with Gasteiger partial charge in [-0.1, -0.05) is 12.1 Å². The topological polar surface area (TPSA) is 20.2 Å². The zero-order valence-corrected chi connectivity index (χ0v) is 11.0. The summed E-state index contributed by atoms with van der Waals surface area (Å²) >= 11 is 9.80. The summed E-state index contributed by atoms with van der Waals surface area (Å²) in [7, 11) is 0. The van der Waals surface area contributed by atoms with Gasteiger partial charge in [0.15, 0.2) is 0 Å². The summed E-state index contributed by atoms with van der Waals surface area (Å²) in [6.07, 6.45) is 0. The largest absolute Gasteiger partial charge is 0.392 e. The Morgan fingerprint density at radius 2 is 2.14 bits per heavy atom. The van der Waals surface area contributed by atoms with Gasteiger partial charge < -0.3 is 5.11 Å². The summed E-state index contributed by atoms with van der Waals surface area (Å²) in [4.78, 5) is 0. The van der Waals surface area contributed by atoms with Gasteiger partial charge in [0.2, 0.25) is 0 Å². The molecule has 1 aromatic heterocycles. The minimum Gasteiger partial charge on any atom is -0.392 e. The van der Waals surface area contributed by atoms with Crippen molar-refractivity contribution in [3.8, 4) is 0 Å². The summed E-state index contributed by atoms with van der Waals surface area (Å²) in [5, 5.41) is 12.4. The van der Waals surface area contributed by atoms with E-state index in [1.807, 2.05) is 12.1 Å². The predicted octanol–water partition coefficient (Wildman–Crippen LogP) is 3.74. The molecule has 4 heteroatoms. The monoisotopic (exact) mass is 338 g/mol. The van der Waals surface area contributed by atoms with Gasteiger partial charge in [-0.2, -0.15) is 0 Å². The van der Waals surface area contributed by atoms with Crippen LogP contribution in [0.2, 0.25) is 0 Å². The second kappa shape index (κ2) is 4.35. The van der Waals surface area contributed by atoms with E-state index in [1.165, 1.54) is 15.6 Å². The van der Waals surface area contributed by atoms with Crippen LogP contribution in [0.5, 0.6) is 0 Å². The zero-order chi connectivity index (χ0) is 10.1. The third-order valence-corrected chi connectivity index (χ3v) is 5.10. The second-order valence-corrected chi connectivity index (χ2v) is 5.19. The number of aliphatic hydroxyl groups is 1. The van der Waals surface area contributed by atoms with E-state index < -0.39 is 0 Å². The molecule has 1 nitrogen and oxygen atoms in total. The second-order valence-electron chi connectivity index (χ2n) is 2.97. The molecule has 0 unspecified atom stereocenters. The smallest absolute Gasteiger partial charge is 0.0692 e. The van der Waals surface area contributed by atoms with Crippen molar-refractivity contribution in [3.05, 3.63) is 32.2 Å². The number of hydrogen-bond acceptors (Lipinski definition) is 2. The highest BCUT2D eigenvalue weighted by Gasteiger charge is 2.08. The predicted molar refractivity (Wildman–Crippen MR) is 70.0 cm³/mol. The average Bonchev–Trinajstić information content (AvgIpc) is 2.62. The number of aliphatic hydroxyl groups excluding tert-OH is 1. The van der Waals surface area contributed by atoms with Crippen molar-refractivity contribution >= 4 is 55.6 Å². The summed E-state index contributed by atoms with van der Waals surface area (Å²) in [5.41, 5.74) is 2.16. The molecular weight excluding hydrogens is 331 g/mol. The molecule has 2 aromatic rings. The van der Waals surface area contributed by atoms with Crippen LogP contribution in [0.15, 0.2) is 17.5 Å². The molecule has 0 spiro atoms. The quantitative estimate of drug-likeness (QED) is 0.653. The van der Waals surface area contributed by atoms with Crippen molar-refractivity contribution in [2.45, 2.75) is 12.5 Å². The van der Waals surface area contributed by atoms with Crippen molar-refractivity contribution in [1.29, 1.82) is 0 Å². The standard InChI is InChI=1S/C10H8ClIOS/c11-3-7-5-14-10-8(7)2-1-6(4-13)9(10)12/h1-2,5,13H,3-4H2. The molecule has 0 radical (unpaired) electrons. The van der Waals surface area contributed by atoms with Crippen molar-refractivity contribution in [3.63, 3.8) is 0 Å². The molecule has 0 aliphatic carbocycles. The Morgan fingerprint density at radius 1 is 1.36 bits per heavy atom. The maximum absolute atomic E-state index is 9.12. The van der Waals surface area contributed by atoms with Gasteiger partial charge in [0.05, 0.1) is 6.61 Å². The molecule has 1 aromatic carbocycles. The van der Waals surface area contributed by atoms with Crippen LogP contribution in [0.3, 0.4) is 0 Å². The van der Waals surface area contributed by atoms with Gasteiger partial charge >= 0.3 is 0 Å². The lowest BCUT2D eigenvalue weighted by atomic mass is 10.1. The molecule has 14 heavy (non-hydrogen) atoms. The van der Waals surface area contributed by atoms with E-state index in [1.54, 1.807) is 11.3 Å². The number of benzene rings is 1. The molecule has 74 valence electrons. The first-order chi connectivity index (χ1) is 6.77. The van der Waals surface area contributed by atoms with Gasteiger partial charge in [-0.25, -0.2) is 0 Å². The van der Waals surface area contributed by atoms with Crippen LogP contribution in [-0.4, -0.2) is 5.11 Å².